The monoisotopic (exact) mass is 374 g/mol. The van der Waals surface area contributed by atoms with Crippen molar-refractivity contribution >= 4 is 44.3 Å². The molecule has 0 atom stereocenters. The van der Waals surface area contributed by atoms with Crippen LogP contribution in [0.15, 0.2) is 62.4 Å². The van der Waals surface area contributed by atoms with Crippen molar-refractivity contribution in [3.05, 3.63) is 63.4 Å². The summed E-state index contributed by atoms with van der Waals surface area (Å²) in [7, 11) is 0. The highest BCUT2D eigenvalue weighted by molar-refractivity contribution is 9.10. The van der Waals surface area contributed by atoms with Crippen molar-refractivity contribution in [1.29, 1.82) is 0 Å². The highest BCUT2D eigenvalue weighted by atomic mass is 79.9. The van der Waals surface area contributed by atoms with Crippen LogP contribution in [0.2, 0.25) is 0 Å². The van der Waals surface area contributed by atoms with Gasteiger partial charge in [-0.3, -0.25) is 4.79 Å². The molecule has 0 aliphatic rings. The molecule has 1 heterocycles. The van der Waals surface area contributed by atoms with Crippen molar-refractivity contribution in [3.63, 3.8) is 0 Å². The van der Waals surface area contributed by atoms with Gasteiger partial charge in [0.15, 0.2) is 5.75 Å². The number of carbonyl (C=O) groups excluding carboxylic acids is 1. The minimum Gasteiger partial charge on any atom is -0.502 e. The number of fused-ring (bicyclic) bond motifs is 1. The van der Waals surface area contributed by atoms with Crippen LogP contribution in [0.5, 0.6) is 5.75 Å². The highest BCUT2D eigenvalue weighted by Gasteiger charge is 2.08. The molecule has 3 rings (SSSR count). The number of hydrogen-bond donors (Lipinski definition) is 3. The Morgan fingerprint density at radius 2 is 1.70 bits per heavy atom. The number of nitrogens with one attached hydrogen (secondary N) is 2. The number of urea groups is 1. The molecule has 7 heteroatoms. The predicted molar refractivity (Wildman–Crippen MR) is 90.9 cm³/mol. The van der Waals surface area contributed by atoms with Gasteiger partial charge in [0.25, 0.3) is 0 Å². The number of carbonyl (C=O) groups is 1. The minimum absolute atomic E-state index is 0.187. The Bertz CT molecular complexity index is 935. The summed E-state index contributed by atoms with van der Waals surface area (Å²) in [5.74, 6) is -0.478. The average Bonchev–Trinajstić information content (AvgIpc) is 2.53. The maximum absolute atomic E-state index is 12.0. The van der Waals surface area contributed by atoms with E-state index < -0.39 is 17.2 Å². The minimum atomic E-state index is -0.553. The number of hydrogen-bond acceptors (Lipinski definition) is 4. The lowest BCUT2D eigenvalue weighted by atomic mass is 10.2. The molecule has 0 unspecified atom stereocenters. The van der Waals surface area contributed by atoms with Gasteiger partial charge in [-0.05, 0) is 42.5 Å². The van der Waals surface area contributed by atoms with Crippen LogP contribution in [0.1, 0.15) is 0 Å². The lowest BCUT2D eigenvalue weighted by Crippen LogP contribution is -2.19. The average molecular weight is 375 g/mol. The molecule has 1 aromatic heterocycles. The van der Waals surface area contributed by atoms with Crippen molar-refractivity contribution < 1.29 is 14.3 Å². The largest absolute Gasteiger partial charge is 0.502 e. The van der Waals surface area contributed by atoms with E-state index in [2.05, 4.69) is 26.6 Å². The number of benzene rings is 2. The van der Waals surface area contributed by atoms with Gasteiger partial charge in [-0.15, -0.1) is 0 Å². The van der Waals surface area contributed by atoms with Gasteiger partial charge in [0.05, 0.1) is 5.39 Å². The summed E-state index contributed by atoms with van der Waals surface area (Å²) in [6, 6.07) is 11.3. The quantitative estimate of drug-likeness (QED) is 0.634. The summed E-state index contributed by atoms with van der Waals surface area (Å²) in [5, 5.41) is 14.9. The first-order valence-corrected chi connectivity index (χ1v) is 7.40. The lowest BCUT2D eigenvalue weighted by Gasteiger charge is -2.08. The third-order valence-corrected chi connectivity index (χ3v) is 3.64. The summed E-state index contributed by atoms with van der Waals surface area (Å²) < 4.78 is 6.01. The number of anilines is 2. The summed E-state index contributed by atoms with van der Waals surface area (Å²) in [4.78, 5) is 23.8. The maximum Gasteiger partial charge on any atom is 0.323 e. The SMILES string of the molecule is O=C(Nc1ccc(Br)cc1)Nc1ccc2occ(O)c(=O)c2c1. The summed E-state index contributed by atoms with van der Waals surface area (Å²) in [6.07, 6.45) is 0.984. The van der Waals surface area contributed by atoms with Gasteiger partial charge in [0.2, 0.25) is 5.43 Å². The van der Waals surface area contributed by atoms with Crippen LogP contribution < -0.4 is 16.1 Å². The Morgan fingerprint density at radius 1 is 1.04 bits per heavy atom. The third-order valence-electron chi connectivity index (χ3n) is 3.11. The lowest BCUT2D eigenvalue weighted by molar-refractivity contribution is 0.262. The molecular weight excluding hydrogens is 364 g/mol. The Labute approximate surface area is 138 Å². The van der Waals surface area contributed by atoms with Crippen LogP contribution in [-0.2, 0) is 0 Å². The molecule has 0 saturated carbocycles. The molecule has 0 radical (unpaired) electrons. The van der Waals surface area contributed by atoms with Gasteiger partial charge >= 0.3 is 6.03 Å². The van der Waals surface area contributed by atoms with Gasteiger partial charge in [0, 0.05) is 15.8 Å². The first kappa shape index (κ1) is 15.1. The molecule has 2 amide bonds. The Morgan fingerprint density at radius 3 is 2.43 bits per heavy atom. The van der Waals surface area contributed by atoms with Crippen molar-refractivity contribution in [2.75, 3.05) is 10.6 Å². The van der Waals surface area contributed by atoms with E-state index in [0.29, 0.717) is 17.0 Å². The molecule has 0 aliphatic heterocycles. The molecule has 23 heavy (non-hydrogen) atoms. The van der Waals surface area contributed by atoms with Crippen LogP contribution in [0.25, 0.3) is 11.0 Å². The van der Waals surface area contributed by atoms with E-state index in [0.717, 1.165) is 10.7 Å². The van der Waals surface area contributed by atoms with E-state index in [1.807, 2.05) is 0 Å². The molecule has 0 fully saturated rings. The number of rotatable bonds is 2. The molecule has 0 saturated heterocycles. The fourth-order valence-corrected chi connectivity index (χ4v) is 2.29. The van der Waals surface area contributed by atoms with Gasteiger partial charge < -0.3 is 20.2 Å². The Hall–Kier alpha value is -2.80. The topological polar surface area (TPSA) is 91.6 Å². The van der Waals surface area contributed by atoms with E-state index in [1.165, 1.54) is 6.07 Å². The highest BCUT2D eigenvalue weighted by Crippen LogP contribution is 2.19. The maximum atomic E-state index is 12.0. The van der Waals surface area contributed by atoms with Crippen LogP contribution in [0.3, 0.4) is 0 Å². The fourth-order valence-electron chi connectivity index (χ4n) is 2.03. The zero-order valence-electron chi connectivity index (χ0n) is 11.7. The predicted octanol–water partition coefficient (Wildman–Crippen LogP) is 3.91. The summed E-state index contributed by atoms with van der Waals surface area (Å²) in [6.45, 7) is 0. The van der Waals surface area contributed by atoms with Gasteiger partial charge in [-0.25, -0.2) is 4.79 Å². The van der Waals surface area contributed by atoms with Crippen LogP contribution in [0.4, 0.5) is 16.2 Å². The number of halogens is 1. The second-order valence-corrected chi connectivity index (χ2v) is 5.66. The smallest absolute Gasteiger partial charge is 0.323 e. The third kappa shape index (κ3) is 3.35. The number of amides is 2. The first-order chi connectivity index (χ1) is 11.0. The number of aromatic hydroxyl groups is 1. The molecule has 6 nitrogen and oxygen atoms in total. The van der Waals surface area contributed by atoms with Crippen molar-refractivity contribution in [2.45, 2.75) is 0 Å². The Balaban J connectivity index is 1.81. The normalized spacial score (nSPS) is 10.5. The van der Waals surface area contributed by atoms with Crippen LogP contribution >= 0.6 is 15.9 Å². The molecule has 3 N–H and O–H groups in total. The van der Waals surface area contributed by atoms with Gasteiger partial charge in [0.1, 0.15) is 11.8 Å². The molecule has 2 aromatic carbocycles. The Kier molecular flexibility index (Phi) is 4.03. The molecule has 0 aliphatic carbocycles. The van der Waals surface area contributed by atoms with Crippen LogP contribution in [0, 0.1) is 0 Å². The van der Waals surface area contributed by atoms with Gasteiger partial charge in [-0.2, -0.15) is 0 Å². The zero-order valence-corrected chi connectivity index (χ0v) is 13.3. The zero-order chi connectivity index (χ0) is 16.4. The van der Waals surface area contributed by atoms with Crippen molar-refractivity contribution in [1.82, 2.24) is 0 Å². The second kappa shape index (κ2) is 6.13. The fraction of sp³-hybridized carbons (Fsp3) is 0. The molecule has 0 spiro atoms. The van der Waals surface area contributed by atoms with Crippen molar-refractivity contribution in [3.8, 4) is 5.75 Å². The summed E-state index contributed by atoms with van der Waals surface area (Å²) >= 11 is 3.31. The molecule has 0 bridgehead atoms. The molecule has 3 aromatic rings. The van der Waals surface area contributed by atoms with E-state index in [4.69, 9.17) is 4.42 Å². The van der Waals surface area contributed by atoms with Crippen molar-refractivity contribution in [2.24, 2.45) is 0 Å². The van der Waals surface area contributed by atoms with E-state index in [9.17, 15) is 14.7 Å². The van der Waals surface area contributed by atoms with E-state index >= 15 is 0 Å². The second-order valence-electron chi connectivity index (χ2n) is 4.75. The standard InChI is InChI=1S/C16H11BrN2O4/c17-9-1-3-10(4-2-9)18-16(22)19-11-5-6-14-12(7-11)15(21)13(20)8-23-14/h1-8,20H,(H2,18,19,22). The van der Waals surface area contributed by atoms with E-state index in [1.54, 1.807) is 36.4 Å². The van der Waals surface area contributed by atoms with Crippen LogP contribution in [-0.4, -0.2) is 11.1 Å². The molecule has 116 valence electrons. The van der Waals surface area contributed by atoms with E-state index in [-0.39, 0.29) is 5.39 Å². The summed E-state index contributed by atoms with van der Waals surface area (Å²) in [5.41, 5.74) is 0.809. The molecular formula is C16H11BrN2O4. The first-order valence-electron chi connectivity index (χ1n) is 6.61. The van der Waals surface area contributed by atoms with Gasteiger partial charge in [-0.1, -0.05) is 15.9 Å².